The van der Waals surface area contributed by atoms with E-state index in [4.69, 9.17) is 22.3 Å². The van der Waals surface area contributed by atoms with Crippen molar-refractivity contribution in [2.75, 3.05) is 6.54 Å². The van der Waals surface area contributed by atoms with Gasteiger partial charge in [-0.25, -0.2) is 4.98 Å². The molecule has 1 aromatic carbocycles. The minimum Gasteiger partial charge on any atom is -0.506 e. The SMILES string of the molecule is CC(C)(CN)c1nc(-c2ccc(Cl)c(O)c2)c(-c2ccncc2)[nH]1. The number of pyridine rings is 1. The molecule has 5 nitrogen and oxygen atoms in total. The molecule has 0 spiro atoms. The largest absolute Gasteiger partial charge is 0.506 e. The Morgan fingerprint density at radius 1 is 1.17 bits per heavy atom. The molecule has 0 aliphatic carbocycles. The van der Waals surface area contributed by atoms with Crippen molar-refractivity contribution in [3.05, 3.63) is 53.6 Å². The van der Waals surface area contributed by atoms with E-state index in [2.05, 4.69) is 9.97 Å². The Labute approximate surface area is 145 Å². The number of phenolic OH excluding ortho intramolecular Hbond substituents is 1. The average Bonchev–Trinajstić information content (AvgIpc) is 3.04. The van der Waals surface area contributed by atoms with Crippen molar-refractivity contribution < 1.29 is 5.11 Å². The fraction of sp³-hybridized carbons (Fsp3) is 0.222. The fourth-order valence-corrected chi connectivity index (χ4v) is 2.50. The standard InChI is InChI=1S/C18H19ClN4O/c1-18(2,10-20)17-22-15(11-5-7-21-8-6-11)16(23-17)12-3-4-13(19)14(24)9-12/h3-9,24H,10,20H2,1-2H3,(H,22,23). The fourth-order valence-electron chi connectivity index (χ4n) is 2.39. The number of nitrogens with zero attached hydrogens (tertiary/aromatic N) is 2. The maximum atomic E-state index is 9.94. The molecular formula is C18H19ClN4O. The summed E-state index contributed by atoms with van der Waals surface area (Å²) in [5, 5.41) is 10.2. The molecule has 0 saturated carbocycles. The van der Waals surface area contributed by atoms with Gasteiger partial charge in [-0.3, -0.25) is 4.98 Å². The number of aromatic nitrogens is 3. The number of H-pyrrole nitrogens is 1. The zero-order valence-corrected chi connectivity index (χ0v) is 14.3. The summed E-state index contributed by atoms with van der Waals surface area (Å²) < 4.78 is 0. The number of hydrogen-bond donors (Lipinski definition) is 3. The molecule has 0 saturated heterocycles. The van der Waals surface area contributed by atoms with E-state index >= 15 is 0 Å². The van der Waals surface area contributed by atoms with Gasteiger partial charge < -0.3 is 15.8 Å². The molecule has 0 atom stereocenters. The van der Waals surface area contributed by atoms with E-state index in [9.17, 15) is 5.11 Å². The quantitative estimate of drug-likeness (QED) is 0.674. The molecule has 4 N–H and O–H groups in total. The van der Waals surface area contributed by atoms with Crippen molar-refractivity contribution in [3.8, 4) is 28.3 Å². The second-order valence-electron chi connectivity index (χ2n) is 6.30. The van der Waals surface area contributed by atoms with Crippen LogP contribution in [0.3, 0.4) is 0 Å². The minimum absolute atomic E-state index is 0.0254. The highest BCUT2D eigenvalue weighted by Crippen LogP contribution is 2.36. The van der Waals surface area contributed by atoms with Crippen molar-refractivity contribution in [2.45, 2.75) is 19.3 Å². The Kier molecular flexibility index (Phi) is 4.30. The average molecular weight is 343 g/mol. The van der Waals surface area contributed by atoms with Crippen LogP contribution in [-0.4, -0.2) is 26.6 Å². The number of hydrogen-bond acceptors (Lipinski definition) is 4. The van der Waals surface area contributed by atoms with E-state index in [0.29, 0.717) is 11.6 Å². The van der Waals surface area contributed by atoms with E-state index in [1.807, 2.05) is 32.0 Å². The second kappa shape index (κ2) is 6.26. The Balaban J connectivity index is 2.21. The first kappa shape index (κ1) is 16.5. The van der Waals surface area contributed by atoms with Crippen LogP contribution in [0.15, 0.2) is 42.7 Å². The van der Waals surface area contributed by atoms with Crippen molar-refractivity contribution >= 4 is 11.6 Å². The van der Waals surface area contributed by atoms with Crippen molar-refractivity contribution in [1.82, 2.24) is 15.0 Å². The molecule has 2 aromatic heterocycles. The van der Waals surface area contributed by atoms with Gasteiger partial charge in [-0.05, 0) is 24.3 Å². The number of nitrogens with two attached hydrogens (primary N) is 1. The topological polar surface area (TPSA) is 87.8 Å². The van der Waals surface area contributed by atoms with Crippen molar-refractivity contribution in [1.29, 1.82) is 0 Å². The Morgan fingerprint density at radius 3 is 2.50 bits per heavy atom. The molecule has 0 aliphatic rings. The molecule has 0 bridgehead atoms. The van der Waals surface area contributed by atoms with E-state index in [1.54, 1.807) is 24.5 Å². The highest BCUT2D eigenvalue weighted by atomic mass is 35.5. The van der Waals surface area contributed by atoms with Crippen LogP contribution in [0.4, 0.5) is 0 Å². The highest BCUT2D eigenvalue weighted by Gasteiger charge is 2.25. The maximum absolute atomic E-state index is 9.94. The zero-order chi connectivity index (χ0) is 17.3. The predicted octanol–water partition coefficient (Wildman–Crippen LogP) is 3.73. The summed E-state index contributed by atoms with van der Waals surface area (Å²) in [4.78, 5) is 12.2. The molecule has 0 fully saturated rings. The second-order valence-corrected chi connectivity index (χ2v) is 6.71. The summed E-state index contributed by atoms with van der Waals surface area (Å²) >= 11 is 5.92. The van der Waals surface area contributed by atoms with Gasteiger partial charge in [-0.1, -0.05) is 31.5 Å². The van der Waals surface area contributed by atoms with Gasteiger partial charge in [0.25, 0.3) is 0 Å². The molecule has 2 heterocycles. The van der Waals surface area contributed by atoms with Gasteiger partial charge in [0.1, 0.15) is 11.6 Å². The third kappa shape index (κ3) is 3.00. The first-order chi connectivity index (χ1) is 11.4. The van der Waals surface area contributed by atoms with Crippen LogP contribution in [0.5, 0.6) is 5.75 Å². The summed E-state index contributed by atoms with van der Waals surface area (Å²) in [6, 6.07) is 8.92. The first-order valence-electron chi connectivity index (χ1n) is 7.62. The third-order valence-electron chi connectivity index (χ3n) is 4.04. The number of rotatable bonds is 4. The van der Waals surface area contributed by atoms with Gasteiger partial charge in [-0.2, -0.15) is 0 Å². The van der Waals surface area contributed by atoms with Crippen LogP contribution in [0.1, 0.15) is 19.7 Å². The monoisotopic (exact) mass is 342 g/mol. The predicted molar refractivity (Wildman–Crippen MR) is 96.0 cm³/mol. The Bertz CT molecular complexity index is 859. The third-order valence-corrected chi connectivity index (χ3v) is 4.36. The summed E-state index contributed by atoms with van der Waals surface area (Å²) in [6.07, 6.45) is 3.46. The number of halogens is 1. The summed E-state index contributed by atoms with van der Waals surface area (Å²) in [6.45, 7) is 4.53. The number of imidazole rings is 1. The number of benzene rings is 1. The van der Waals surface area contributed by atoms with Crippen molar-refractivity contribution in [2.24, 2.45) is 5.73 Å². The van der Waals surface area contributed by atoms with Gasteiger partial charge in [0.2, 0.25) is 0 Å². The highest BCUT2D eigenvalue weighted by molar-refractivity contribution is 6.32. The number of phenols is 1. The van der Waals surface area contributed by atoms with Gasteiger partial charge in [0.05, 0.1) is 16.4 Å². The van der Waals surface area contributed by atoms with Crippen LogP contribution in [0.2, 0.25) is 5.02 Å². The van der Waals surface area contributed by atoms with Crippen LogP contribution in [-0.2, 0) is 5.41 Å². The molecule has 0 aliphatic heterocycles. The van der Waals surface area contributed by atoms with E-state index in [0.717, 1.165) is 28.3 Å². The lowest BCUT2D eigenvalue weighted by atomic mass is 9.93. The van der Waals surface area contributed by atoms with E-state index in [-0.39, 0.29) is 11.2 Å². The minimum atomic E-state index is -0.297. The molecule has 0 amide bonds. The number of nitrogens with one attached hydrogen (secondary N) is 1. The van der Waals surface area contributed by atoms with E-state index < -0.39 is 0 Å². The molecular weight excluding hydrogens is 324 g/mol. The van der Waals surface area contributed by atoms with Gasteiger partial charge in [0.15, 0.2) is 0 Å². The summed E-state index contributed by atoms with van der Waals surface area (Å²) in [7, 11) is 0. The normalized spacial score (nSPS) is 11.7. The van der Waals surface area contributed by atoms with Crippen molar-refractivity contribution in [3.63, 3.8) is 0 Å². The summed E-state index contributed by atoms with van der Waals surface area (Å²) in [5.74, 6) is 0.818. The van der Waals surface area contributed by atoms with Gasteiger partial charge in [-0.15, -0.1) is 0 Å². The Morgan fingerprint density at radius 2 is 1.88 bits per heavy atom. The first-order valence-corrected chi connectivity index (χ1v) is 8.00. The van der Waals surface area contributed by atoms with Crippen LogP contribution in [0, 0.1) is 0 Å². The summed E-state index contributed by atoms with van der Waals surface area (Å²) in [5.41, 5.74) is 8.93. The molecule has 6 heteroatoms. The van der Waals surface area contributed by atoms with E-state index in [1.165, 1.54) is 0 Å². The molecule has 0 radical (unpaired) electrons. The molecule has 124 valence electrons. The maximum Gasteiger partial charge on any atom is 0.134 e. The van der Waals surface area contributed by atoms with Gasteiger partial charge >= 0.3 is 0 Å². The molecule has 24 heavy (non-hydrogen) atoms. The number of aromatic hydroxyl groups is 1. The van der Waals surface area contributed by atoms with Crippen LogP contribution < -0.4 is 5.73 Å². The van der Waals surface area contributed by atoms with Gasteiger partial charge in [0, 0.05) is 35.5 Å². The van der Waals surface area contributed by atoms with Crippen LogP contribution in [0.25, 0.3) is 22.5 Å². The lowest BCUT2D eigenvalue weighted by Gasteiger charge is -2.18. The Hall–Kier alpha value is -2.37. The molecule has 3 aromatic rings. The molecule has 0 unspecified atom stereocenters. The smallest absolute Gasteiger partial charge is 0.134 e. The molecule has 3 rings (SSSR count). The number of aromatic amines is 1. The lowest BCUT2D eigenvalue weighted by molar-refractivity contribution is 0.476. The van der Waals surface area contributed by atoms with Crippen LogP contribution >= 0.6 is 11.6 Å². The lowest BCUT2D eigenvalue weighted by Crippen LogP contribution is -2.29. The zero-order valence-electron chi connectivity index (χ0n) is 13.5.